The fourth-order valence-electron chi connectivity index (χ4n) is 0.637. The number of amides is 3. The van der Waals surface area contributed by atoms with Gasteiger partial charge in [0.1, 0.15) is 0 Å². The van der Waals surface area contributed by atoms with Crippen LogP contribution in [-0.2, 0) is 4.79 Å². The molecule has 0 heterocycles. The summed E-state index contributed by atoms with van der Waals surface area (Å²) >= 11 is 0. The number of aliphatic hydroxyl groups excluding tert-OH is 1. The first kappa shape index (κ1) is 12.9. The number of carbonyl (C=O) groups is 2. The highest BCUT2D eigenvalue weighted by molar-refractivity contribution is 5.94. The van der Waals surface area contributed by atoms with Crippen molar-refractivity contribution in [3.05, 3.63) is 0 Å². The minimum atomic E-state index is -0.883. The number of nitrogens with one attached hydrogen (secondary N) is 2. The highest BCUT2D eigenvalue weighted by Crippen LogP contribution is 2.06. The smallest absolute Gasteiger partial charge is 0.318 e. The summed E-state index contributed by atoms with van der Waals surface area (Å²) in [6.45, 7) is 5.03. The molecule has 0 fully saturated rings. The van der Waals surface area contributed by atoms with Gasteiger partial charge in [-0.25, -0.2) is 4.79 Å². The van der Waals surface area contributed by atoms with Crippen LogP contribution in [0.15, 0.2) is 0 Å². The van der Waals surface area contributed by atoms with Crippen molar-refractivity contribution in [3.8, 4) is 0 Å². The van der Waals surface area contributed by atoms with Gasteiger partial charge in [0.15, 0.2) is 0 Å². The van der Waals surface area contributed by atoms with Gasteiger partial charge in [0.2, 0.25) is 5.91 Å². The van der Waals surface area contributed by atoms with Crippen LogP contribution in [-0.4, -0.2) is 35.2 Å². The molecule has 0 aliphatic heterocycles. The summed E-state index contributed by atoms with van der Waals surface area (Å²) in [4.78, 5) is 21.2. The number of rotatable bonds is 4. The Hall–Kier alpha value is -1.14. The van der Waals surface area contributed by atoms with Crippen molar-refractivity contribution in [2.24, 2.45) is 5.73 Å². The van der Waals surface area contributed by atoms with Crippen molar-refractivity contribution in [1.82, 2.24) is 10.6 Å². The van der Waals surface area contributed by atoms with Gasteiger partial charge in [-0.1, -0.05) is 0 Å². The van der Waals surface area contributed by atoms with E-state index < -0.39 is 23.6 Å². The van der Waals surface area contributed by atoms with E-state index in [9.17, 15) is 14.7 Å². The molecule has 0 aromatic heterocycles. The number of hydrogen-bond donors (Lipinski definition) is 4. The van der Waals surface area contributed by atoms with Gasteiger partial charge in [-0.15, -0.1) is 0 Å². The SMILES string of the molecule is CC(O)C(C)(C)NCC(=O)NC(N)=O. The van der Waals surface area contributed by atoms with Gasteiger partial charge in [0.05, 0.1) is 12.6 Å². The number of hydrogen-bond acceptors (Lipinski definition) is 4. The van der Waals surface area contributed by atoms with E-state index in [0.717, 1.165) is 0 Å². The van der Waals surface area contributed by atoms with Gasteiger partial charge in [0, 0.05) is 5.54 Å². The molecule has 0 radical (unpaired) electrons. The lowest BCUT2D eigenvalue weighted by Crippen LogP contribution is -2.52. The Balaban J connectivity index is 3.94. The molecule has 6 heteroatoms. The molecule has 0 aromatic rings. The Morgan fingerprint density at radius 2 is 2.00 bits per heavy atom. The van der Waals surface area contributed by atoms with Gasteiger partial charge in [-0.2, -0.15) is 0 Å². The lowest BCUT2D eigenvalue weighted by Gasteiger charge is -2.28. The molecule has 1 atom stereocenters. The zero-order valence-electron chi connectivity index (χ0n) is 8.63. The first-order chi connectivity index (χ1) is 6.25. The molecule has 3 amide bonds. The molecule has 6 nitrogen and oxygen atoms in total. The largest absolute Gasteiger partial charge is 0.392 e. The molecule has 1 unspecified atom stereocenters. The van der Waals surface area contributed by atoms with E-state index >= 15 is 0 Å². The molecule has 0 saturated heterocycles. The second-order valence-electron chi connectivity index (χ2n) is 3.66. The van der Waals surface area contributed by atoms with E-state index in [1.807, 2.05) is 5.32 Å². The molecule has 0 bridgehead atoms. The van der Waals surface area contributed by atoms with Crippen LogP contribution in [0.2, 0.25) is 0 Å². The topological polar surface area (TPSA) is 104 Å². The third-order valence-corrected chi connectivity index (χ3v) is 2.01. The molecule has 0 aliphatic carbocycles. The number of nitrogens with two attached hydrogens (primary N) is 1. The third-order valence-electron chi connectivity index (χ3n) is 2.01. The molecule has 0 rings (SSSR count). The van der Waals surface area contributed by atoms with Crippen molar-refractivity contribution in [3.63, 3.8) is 0 Å². The maximum atomic E-state index is 11.0. The van der Waals surface area contributed by atoms with E-state index in [1.54, 1.807) is 20.8 Å². The Morgan fingerprint density at radius 1 is 1.50 bits per heavy atom. The van der Waals surface area contributed by atoms with Crippen LogP contribution in [0.1, 0.15) is 20.8 Å². The van der Waals surface area contributed by atoms with Gasteiger partial charge < -0.3 is 16.2 Å². The summed E-state index contributed by atoms with van der Waals surface area (Å²) in [6.07, 6.45) is -0.608. The van der Waals surface area contributed by atoms with Crippen LogP contribution in [0, 0.1) is 0 Å². The summed E-state index contributed by atoms with van der Waals surface area (Å²) in [5, 5.41) is 14.0. The van der Waals surface area contributed by atoms with E-state index in [2.05, 4.69) is 5.32 Å². The maximum Gasteiger partial charge on any atom is 0.318 e. The third kappa shape index (κ3) is 4.78. The predicted molar refractivity (Wildman–Crippen MR) is 51.5 cm³/mol. The first-order valence-corrected chi connectivity index (χ1v) is 4.28. The number of imide groups is 1. The molecule has 0 saturated carbocycles. The Labute approximate surface area is 82.9 Å². The van der Waals surface area contributed by atoms with E-state index in [0.29, 0.717) is 0 Å². The molecular weight excluding hydrogens is 186 g/mol. The zero-order valence-corrected chi connectivity index (χ0v) is 8.63. The summed E-state index contributed by atoms with van der Waals surface area (Å²) in [5.41, 5.74) is 4.16. The van der Waals surface area contributed by atoms with E-state index in [-0.39, 0.29) is 6.54 Å². The molecule has 14 heavy (non-hydrogen) atoms. The Morgan fingerprint density at radius 3 is 2.36 bits per heavy atom. The zero-order chi connectivity index (χ0) is 11.4. The monoisotopic (exact) mass is 203 g/mol. The standard InChI is InChI=1S/C8H17N3O3/c1-5(12)8(2,3)10-4-6(13)11-7(9)14/h5,10,12H,4H2,1-3H3,(H3,9,11,13,14). The molecule has 82 valence electrons. The van der Waals surface area contributed by atoms with Crippen LogP contribution in [0.4, 0.5) is 4.79 Å². The number of carbonyl (C=O) groups excluding carboxylic acids is 2. The highest BCUT2D eigenvalue weighted by atomic mass is 16.3. The van der Waals surface area contributed by atoms with Crippen LogP contribution in [0.3, 0.4) is 0 Å². The minimum Gasteiger partial charge on any atom is -0.392 e. The average molecular weight is 203 g/mol. The summed E-state index contributed by atoms with van der Waals surface area (Å²) in [7, 11) is 0. The maximum absolute atomic E-state index is 11.0. The van der Waals surface area contributed by atoms with Crippen molar-refractivity contribution < 1.29 is 14.7 Å². The molecule has 0 spiro atoms. The van der Waals surface area contributed by atoms with Crippen molar-refractivity contribution >= 4 is 11.9 Å². The number of aliphatic hydroxyl groups is 1. The van der Waals surface area contributed by atoms with Crippen LogP contribution in [0.5, 0.6) is 0 Å². The predicted octanol–water partition coefficient (Wildman–Crippen LogP) is -1.07. The molecule has 0 aromatic carbocycles. The van der Waals surface area contributed by atoms with Gasteiger partial charge in [-0.3, -0.25) is 10.1 Å². The number of primary amides is 1. The second kappa shape index (κ2) is 4.92. The van der Waals surface area contributed by atoms with Crippen LogP contribution < -0.4 is 16.4 Å². The summed E-state index contributed by atoms with van der Waals surface area (Å²) < 4.78 is 0. The highest BCUT2D eigenvalue weighted by Gasteiger charge is 2.23. The minimum absolute atomic E-state index is 0.0686. The van der Waals surface area contributed by atoms with Gasteiger partial charge >= 0.3 is 6.03 Å². The van der Waals surface area contributed by atoms with Crippen LogP contribution >= 0.6 is 0 Å². The molecular formula is C8H17N3O3. The fraction of sp³-hybridized carbons (Fsp3) is 0.750. The molecule has 5 N–H and O–H groups in total. The first-order valence-electron chi connectivity index (χ1n) is 4.28. The Bertz CT molecular complexity index is 226. The fourth-order valence-corrected chi connectivity index (χ4v) is 0.637. The Kier molecular flexibility index (Phi) is 4.52. The molecule has 0 aliphatic rings. The average Bonchev–Trinajstić information content (AvgIpc) is 1.99. The van der Waals surface area contributed by atoms with E-state index in [4.69, 9.17) is 5.73 Å². The lowest BCUT2D eigenvalue weighted by atomic mass is 9.99. The van der Waals surface area contributed by atoms with E-state index in [1.165, 1.54) is 0 Å². The van der Waals surface area contributed by atoms with Crippen molar-refractivity contribution in [2.75, 3.05) is 6.54 Å². The number of urea groups is 1. The van der Waals surface area contributed by atoms with Gasteiger partial charge in [0.25, 0.3) is 0 Å². The normalized spacial score (nSPS) is 13.4. The quantitative estimate of drug-likeness (QED) is 0.467. The summed E-state index contributed by atoms with van der Waals surface area (Å²) in [5.74, 6) is -0.522. The van der Waals surface area contributed by atoms with Crippen LogP contribution in [0.25, 0.3) is 0 Å². The lowest BCUT2D eigenvalue weighted by molar-refractivity contribution is -0.119. The van der Waals surface area contributed by atoms with Crippen molar-refractivity contribution in [1.29, 1.82) is 0 Å². The second-order valence-corrected chi connectivity index (χ2v) is 3.66. The van der Waals surface area contributed by atoms with Gasteiger partial charge in [-0.05, 0) is 20.8 Å². The van der Waals surface area contributed by atoms with Crippen molar-refractivity contribution in [2.45, 2.75) is 32.4 Å². The summed E-state index contributed by atoms with van der Waals surface area (Å²) in [6, 6.07) is -0.883.